The summed E-state index contributed by atoms with van der Waals surface area (Å²) >= 11 is 0. The smallest absolute Gasteiger partial charge is 0.226 e. The van der Waals surface area contributed by atoms with E-state index in [2.05, 4.69) is 15.1 Å². The number of piperidine rings is 1. The van der Waals surface area contributed by atoms with Crippen LogP contribution in [-0.4, -0.2) is 54.5 Å². The van der Waals surface area contributed by atoms with E-state index in [9.17, 15) is 9.18 Å². The van der Waals surface area contributed by atoms with E-state index >= 15 is 0 Å². The first-order valence-corrected chi connectivity index (χ1v) is 11.7. The molecule has 7 heteroatoms. The molecular formula is C24H36Cl2FN3O. The molecule has 1 aromatic carbocycles. The van der Waals surface area contributed by atoms with E-state index in [1.807, 2.05) is 6.07 Å². The van der Waals surface area contributed by atoms with Gasteiger partial charge >= 0.3 is 0 Å². The van der Waals surface area contributed by atoms with E-state index in [4.69, 9.17) is 0 Å². The first kappa shape index (κ1) is 24.8. The maximum Gasteiger partial charge on any atom is 0.226 e. The highest BCUT2D eigenvalue weighted by Gasteiger charge is 2.48. The second kappa shape index (κ2) is 10.8. The molecule has 31 heavy (non-hydrogen) atoms. The number of hydrogen-bond donors (Lipinski definition) is 1. The summed E-state index contributed by atoms with van der Waals surface area (Å²) < 4.78 is 13.9. The molecule has 1 aromatic rings. The van der Waals surface area contributed by atoms with Gasteiger partial charge in [0, 0.05) is 37.5 Å². The third kappa shape index (κ3) is 5.05. The molecule has 174 valence electrons. The number of hydrogen-bond acceptors (Lipinski definition) is 3. The Hall–Kier alpha value is -0.880. The quantitative estimate of drug-likeness (QED) is 0.707. The summed E-state index contributed by atoms with van der Waals surface area (Å²) in [4.78, 5) is 18.3. The summed E-state index contributed by atoms with van der Waals surface area (Å²) in [5.41, 5.74) is 0.967. The molecule has 0 radical (unpaired) electrons. The Morgan fingerprint density at radius 2 is 1.74 bits per heavy atom. The van der Waals surface area contributed by atoms with E-state index < -0.39 is 0 Å². The summed E-state index contributed by atoms with van der Waals surface area (Å²) in [5.74, 6) is 1.15. The van der Waals surface area contributed by atoms with E-state index in [-0.39, 0.29) is 42.6 Å². The average molecular weight is 472 g/mol. The van der Waals surface area contributed by atoms with Crippen LogP contribution in [-0.2, 0) is 4.79 Å². The van der Waals surface area contributed by atoms with Crippen LogP contribution in [0.3, 0.4) is 0 Å². The van der Waals surface area contributed by atoms with Gasteiger partial charge in [-0.3, -0.25) is 4.79 Å². The number of fused-ring (bicyclic) bond motifs is 1. The van der Waals surface area contributed by atoms with Crippen molar-refractivity contribution in [2.75, 3.05) is 32.7 Å². The van der Waals surface area contributed by atoms with E-state index in [0.29, 0.717) is 17.7 Å². The molecule has 1 saturated carbocycles. The number of rotatable bonds is 3. The van der Waals surface area contributed by atoms with Crippen molar-refractivity contribution < 1.29 is 9.18 Å². The standard InChI is InChI=1S/C24H34FN3O.2ClH/c25-20-6-4-5-18(13-20)23-22-15-26-14-19(22)16-28(23)24(29)17-9-11-27(12-10-17)21-7-2-1-3-8-21;;/h4-6,13,17,19,21-23,26H,1-3,7-12,14-16H2;2*1H/t19-,22-,23+;;/m0../s1. The molecule has 1 aliphatic carbocycles. The highest BCUT2D eigenvalue weighted by Crippen LogP contribution is 2.44. The Kier molecular flexibility index (Phi) is 8.65. The minimum atomic E-state index is -0.204. The molecule has 1 amide bonds. The van der Waals surface area contributed by atoms with Crippen LogP contribution < -0.4 is 5.32 Å². The van der Waals surface area contributed by atoms with Crippen LogP contribution in [0.5, 0.6) is 0 Å². The van der Waals surface area contributed by atoms with Gasteiger partial charge in [-0.2, -0.15) is 0 Å². The van der Waals surface area contributed by atoms with Crippen LogP contribution in [0.1, 0.15) is 56.6 Å². The van der Waals surface area contributed by atoms with Crippen LogP contribution in [0.4, 0.5) is 4.39 Å². The van der Waals surface area contributed by atoms with Crippen molar-refractivity contribution in [3.63, 3.8) is 0 Å². The molecule has 4 fully saturated rings. The lowest BCUT2D eigenvalue weighted by atomic mass is 9.88. The van der Waals surface area contributed by atoms with Gasteiger partial charge in [0.05, 0.1) is 6.04 Å². The Morgan fingerprint density at radius 1 is 1.00 bits per heavy atom. The highest BCUT2D eigenvalue weighted by atomic mass is 35.5. The Labute approximate surface area is 198 Å². The summed E-state index contributed by atoms with van der Waals surface area (Å²) in [5, 5.41) is 3.48. The summed E-state index contributed by atoms with van der Waals surface area (Å²) in [6.45, 7) is 4.85. The minimum absolute atomic E-state index is 0. The van der Waals surface area contributed by atoms with E-state index in [1.165, 1.54) is 38.2 Å². The fourth-order valence-corrected chi connectivity index (χ4v) is 6.46. The number of benzene rings is 1. The molecule has 4 aliphatic rings. The van der Waals surface area contributed by atoms with Gasteiger partial charge in [-0.25, -0.2) is 4.39 Å². The van der Waals surface area contributed by atoms with E-state index in [0.717, 1.165) is 57.2 Å². The predicted molar refractivity (Wildman–Crippen MR) is 126 cm³/mol. The molecule has 5 rings (SSSR count). The normalized spacial score (nSPS) is 29.8. The third-order valence-electron chi connectivity index (χ3n) is 8.01. The van der Waals surface area contributed by atoms with Gasteiger partial charge in [0.15, 0.2) is 0 Å². The number of amides is 1. The molecule has 4 nitrogen and oxygen atoms in total. The molecule has 3 atom stereocenters. The zero-order valence-electron chi connectivity index (χ0n) is 18.2. The van der Waals surface area contributed by atoms with Crippen molar-refractivity contribution in [3.05, 3.63) is 35.6 Å². The highest BCUT2D eigenvalue weighted by molar-refractivity contribution is 5.85. The van der Waals surface area contributed by atoms with Gasteiger partial charge in [0.1, 0.15) is 5.82 Å². The average Bonchev–Trinajstić information content (AvgIpc) is 3.35. The zero-order chi connectivity index (χ0) is 19.8. The Bertz CT molecular complexity index is 737. The van der Waals surface area contributed by atoms with Crippen molar-refractivity contribution in [1.29, 1.82) is 0 Å². The topological polar surface area (TPSA) is 35.6 Å². The van der Waals surface area contributed by atoms with Crippen LogP contribution in [0.15, 0.2) is 24.3 Å². The lowest BCUT2D eigenvalue weighted by Gasteiger charge is -2.40. The molecular weight excluding hydrogens is 436 g/mol. The predicted octanol–water partition coefficient (Wildman–Crippen LogP) is 4.43. The van der Waals surface area contributed by atoms with Crippen molar-refractivity contribution in [3.8, 4) is 0 Å². The molecule has 1 N–H and O–H groups in total. The second-order valence-corrected chi connectivity index (χ2v) is 9.67. The van der Waals surface area contributed by atoms with Crippen LogP contribution in [0.25, 0.3) is 0 Å². The SMILES string of the molecule is Cl.Cl.O=C(C1CCN(C2CCCCC2)CC1)N1C[C@@H]2CNC[C@@H]2[C@H]1c1cccc(F)c1. The fourth-order valence-electron chi connectivity index (χ4n) is 6.46. The second-order valence-electron chi connectivity index (χ2n) is 9.67. The van der Waals surface area contributed by atoms with Gasteiger partial charge in [-0.1, -0.05) is 31.4 Å². The largest absolute Gasteiger partial charge is 0.335 e. The molecule has 0 spiro atoms. The number of likely N-dealkylation sites (tertiary alicyclic amines) is 2. The van der Waals surface area contributed by atoms with Crippen LogP contribution in [0, 0.1) is 23.6 Å². The van der Waals surface area contributed by atoms with Gasteiger partial charge in [-0.05, 0) is 62.4 Å². The molecule has 0 bridgehead atoms. The molecule has 0 aromatic heterocycles. The number of nitrogens with zero attached hydrogens (tertiary/aromatic N) is 2. The van der Waals surface area contributed by atoms with Crippen molar-refractivity contribution in [2.24, 2.45) is 17.8 Å². The lowest BCUT2D eigenvalue weighted by molar-refractivity contribution is -0.138. The van der Waals surface area contributed by atoms with Gasteiger partial charge < -0.3 is 15.1 Å². The zero-order valence-corrected chi connectivity index (χ0v) is 19.8. The number of nitrogens with one attached hydrogen (secondary N) is 1. The minimum Gasteiger partial charge on any atom is -0.335 e. The van der Waals surface area contributed by atoms with E-state index in [1.54, 1.807) is 12.1 Å². The fraction of sp³-hybridized carbons (Fsp3) is 0.708. The molecule has 3 saturated heterocycles. The summed E-state index contributed by atoms with van der Waals surface area (Å²) in [6.07, 6.45) is 8.75. The summed E-state index contributed by atoms with van der Waals surface area (Å²) in [6, 6.07) is 7.69. The maximum atomic E-state index is 13.9. The molecule has 0 unspecified atom stereocenters. The first-order valence-electron chi connectivity index (χ1n) is 11.7. The number of carbonyl (C=O) groups excluding carboxylic acids is 1. The molecule has 3 heterocycles. The Balaban J connectivity index is 0.00000136. The number of halogens is 3. The lowest BCUT2D eigenvalue weighted by Crippen LogP contribution is -2.46. The number of carbonyl (C=O) groups is 1. The van der Waals surface area contributed by atoms with Crippen LogP contribution >= 0.6 is 24.8 Å². The van der Waals surface area contributed by atoms with Crippen molar-refractivity contribution in [2.45, 2.75) is 57.0 Å². The van der Waals surface area contributed by atoms with Crippen LogP contribution in [0.2, 0.25) is 0 Å². The van der Waals surface area contributed by atoms with Gasteiger partial charge in [0.2, 0.25) is 5.91 Å². The monoisotopic (exact) mass is 471 g/mol. The third-order valence-corrected chi connectivity index (χ3v) is 8.01. The van der Waals surface area contributed by atoms with Crippen molar-refractivity contribution in [1.82, 2.24) is 15.1 Å². The van der Waals surface area contributed by atoms with Gasteiger partial charge in [0.25, 0.3) is 0 Å². The maximum absolute atomic E-state index is 13.9. The Morgan fingerprint density at radius 3 is 2.45 bits per heavy atom. The summed E-state index contributed by atoms with van der Waals surface area (Å²) in [7, 11) is 0. The van der Waals surface area contributed by atoms with Crippen molar-refractivity contribution >= 4 is 30.7 Å². The molecule has 3 aliphatic heterocycles. The first-order chi connectivity index (χ1) is 14.2. The van der Waals surface area contributed by atoms with Gasteiger partial charge in [-0.15, -0.1) is 24.8 Å².